The summed E-state index contributed by atoms with van der Waals surface area (Å²) in [6.07, 6.45) is 8.95. The number of allylic oxidation sites excluding steroid dienone is 2. The van der Waals surface area contributed by atoms with E-state index >= 15 is 0 Å². The highest BCUT2D eigenvalue weighted by molar-refractivity contribution is 5.17. The molecule has 0 heterocycles. The van der Waals surface area contributed by atoms with Gasteiger partial charge in [0.2, 0.25) is 0 Å². The van der Waals surface area contributed by atoms with Crippen molar-refractivity contribution < 1.29 is 0 Å². The van der Waals surface area contributed by atoms with Gasteiger partial charge in [-0.05, 0) is 49.0 Å². The molecule has 0 amide bonds. The van der Waals surface area contributed by atoms with Crippen LogP contribution in [-0.2, 0) is 6.42 Å². The molecule has 0 radical (unpaired) electrons. The topological polar surface area (TPSA) is 0 Å². The lowest BCUT2D eigenvalue weighted by Crippen LogP contribution is -2.22. The lowest BCUT2D eigenvalue weighted by atomic mass is 9.72. The Morgan fingerprint density at radius 2 is 1.78 bits per heavy atom. The van der Waals surface area contributed by atoms with Crippen LogP contribution < -0.4 is 0 Å². The Kier molecular flexibility index (Phi) is 4.27. The van der Waals surface area contributed by atoms with Gasteiger partial charge in [-0.25, -0.2) is 0 Å². The minimum absolute atomic E-state index is 0.474. The van der Waals surface area contributed by atoms with Gasteiger partial charge in [-0.3, -0.25) is 0 Å². The van der Waals surface area contributed by atoms with Crippen molar-refractivity contribution in [1.29, 1.82) is 0 Å². The lowest BCUT2D eigenvalue weighted by molar-refractivity contribution is 0.220. The number of benzene rings is 1. The SMILES string of the molecule is CC(C)(C)C1CC=C(CCc2ccccc2)CC1. The van der Waals surface area contributed by atoms with E-state index in [1.807, 2.05) is 0 Å². The molecule has 1 atom stereocenters. The molecule has 1 aliphatic carbocycles. The molecule has 0 aromatic heterocycles. The van der Waals surface area contributed by atoms with Crippen molar-refractivity contribution in [3.63, 3.8) is 0 Å². The smallest absolute Gasteiger partial charge is 0.0241 e. The quantitative estimate of drug-likeness (QED) is 0.623. The Balaban J connectivity index is 1.84. The lowest BCUT2D eigenvalue weighted by Gasteiger charge is -2.33. The molecule has 0 fully saturated rings. The number of aryl methyl sites for hydroxylation is 1. The fourth-order valence-corrected chi connectivity index (χ4v) is 2.85. The molecule has 1 aromatic carbocycles. The zero-order valence-corrected chi connectivity index (χ0v) is 12.1. The van der Waals surface area contributed by atoms with Gasteiger partial charge < -0.3 is 0 Å². The summed E-state index contributed by atoms with van der Waals surface area (Å²) < 4.78 is 0. The average Bonchev–Trinajstić information content (AvgIpc) is 2.37. The van der Waals surface area contributed by atoms with Crippen molar-refractivity contribution in [2.45, 2.75) is 52.9 Å². The Morgan fingerprint density at radius 1 is 1.06 bits per heavy atom. The Bertz CT molecular complexity index is 392. The average molecular weight is 242 g/mol. The molecule has 1 aromatic rings. The van der Waals surface area contributed by atoms with Gasteiger partial charge >= 0.3 is 0 Å². The van der Waals surface area contributed by atoms with Gasteiger partial charge in [0.25, 0.3) is 0 Å². The summed E-state index contributed by atoms with van der Waals surface area (Å²) in [6.45, 7) is 7.13. The third-order valence-corrected chi connectivity index (χ3v) is 4.31. The second-order valence-corrected chi connectivity index (χ2v) is 6.69. The second-order valence-electron chi connectivity index (χ2n) is 6.69. The summed E-state index contributed by atoms with van der Waals surface area (Å²) in [7, 11) is 0. The molecule has 0 N–H and O–H groups in total. The highest BCUT2D eigenvalue weighted by Gasteiger charge is 2.25. The molecule has 0 heteroatoms. The van der Waals surface area contributed by atoms with Crippen LogP contribution >= 0.6 is 0 Å². The van der Waals surface area contributed by atoms with Gasteiger partial charge in [0.1, 0.15) is 0 Å². The maximum Gasteiger partial charge on any atom is -0.0241 e. The Hall–Kier alpha value is -1.04. The van der Waals surface area contributed by atoms with E-state index in [0.717, 1.165) is 5.92 Å². The first-order valence-electron chi connectivity index (χ1n) is 7.27. The zero-order valence-electron chi connectivity index (χ0n) is 12.1. The van der Waals surface area contributed by atoms with Gasteiger partial charge in [0, 0.05) is 0 Å². The maximum absolute atomic E-state index is 2.52. The van der Waals surface area contributed by atoms with Gasteiger partial charge in [-0.15, -0.1) is 0 Å². The highest BCUT2D eigenvalue weighted by Crippen LogP contribution is 2.37. The van der Waals surface area contributed by atoms with Crippen LogP contribution in [0.3, 0.4) is 0 Å². The number of rotatable bonds is 3. The summed E-state index contributed by atoms with van der Waals surface area (Å²) in [5.74, 6) is 0.873. The Morgan fingerprint density at radius 3 is 2.33 bits per heavy atom. The highest BCUT2D eigenvalue weighted by atomic mass is 14.3. The molecule has 0 spiro atoms. The molecule has 1 unspecified atom stereocenters. The van der Waals surface area contributed by atoms with Crippen molar-refractivity contribution in [1.82, 2.24) is 0 Å². The molecule has 0 saturated carbocycles. The third kappa shape index (κ3) is 3.73. The predicted octanol–water partition coefficient (Wildman–Crippen LogP) is 5.39. The summed E-state index contributed by atoms with van der Waals surface area (Å²) in [5.41, 5.74) is 3.62. The van der Waals surface area contributed by atoms with Crippen LogP contribution in [0.1, 0.15) is 52.0 Å². The molecular formula is C18H26. The normalized spacial score (nSPS) is 20.6. The minimum Gasteiger partial charge on any atom is -0.0850 e. The van der Waals surface area contributed by atoms with E-state index in [1.165, 1.54) is 37.7 Å². The molecule has 1 aliphatic rings. The second kappa shape index (κ2) is 5.73. The van der Waals surface area contributed by atoms with Crippen LogP contribution in [0.15, 0.2) is 42.0 Å². The minimum atomic E-state index is 0.474. The first-order valence-corrected chi connectivity index (χ1v) is 7.27. The molecule has 2 rings (SSSR count). The first kappa shape index (κ1) is 13.4. The van der Waals surface area contributed by atoms with Crippen LogP contribution in [0.5, 0.6) is 0 Å². The zero-order chi connectivity index (χ0) is 13.0. The summed E-state index contributed by atoms with van der Waals surface area (Å²) in [5, 5.41) is 0. The van der Waals surface area contributed by atoms with Crippen LogP contribution in [0.2, 0.25) is 0 Å². The van der Waals surface area contributed by atoms with Crippen LogP contribution in [0, 0.1) is 11.3 Å². The molecule has 0 aliphatic heterocycles. The van der Waals surface area contributed by atoms with E-state index in [2.05, 4.69) is 57.2 Å². The van der Waals surface area contributed by atoms with Crippen LogP contribution in [0.4, 0.5) is 0 Å². The van der Waals surface area contributed by atoms with E-state index in [4.69, 9.17) is 0 Å². The predicted molar refractivity (Wildman–Crippen MR) is 79.6 cm³/mol. The largest absolute Gasteiger partial charge is 0.0850 e. The molecule has 18 heavy (non-hydrogen) atoms. The van der Waals surface area contributed by atoms with Crippen LogP contribution in [-0.4, -0.2) is 0 Å². The standard InChI is InChI=1S/C18H26/c1-18(2,3)17-13-11-16(12-14-17)10-9-15-7-5-4-6-8-15/h4-8,11,17H,9-10,12-14H2,1-3H3. The molecule has 98 valence electrons. The van der Waals surface area contributed by atoms with E-state index in [0.29, 0.717) is 5.41 Å². The van der Waals surface area contributed by atoms with Crippen molar-refractivity contribution in [3.8, 4) is 0 Å². The van der Waals surface area contributed by atoms with Crippen molar-refractivity contribution in [2.75, 3.05) is 0 Å². The molecular weight excluding hydrogens is 216 g/mol. The summed E-state index contributed by atoms with van der Waals surface area (Å²) >= 11 is 0. The summed E-state index contributed by atoms with van der Waals surface area (Å²) in [6, 6.07) is 10.8. The molecule has 0 saturated heterocycles. The maximum atomic E-state index is 2.52. The van der Waals surface area contributed by atoms with Gasteiger partial charge in [0.15, 0.2) is 0 Å². The van der Waals surface area contributed by atoms with Gasteiger partial charge in [-0.2, -0.15) is 0 Å². The van der Waals surface area contributed by atoms with E-state index < -0.39 is 0 Å². The first-order chi connectivity index (χ1) is 8.55. The van der Waals surface area contributed by atoms with E-state index in [-0.39, 0.29) is 0 Å². The molecule has 0 bridgehead atoms. The number of hydrogen-bond donors (Lipinski definition) is 0. The molecule has 0 nitrogen and oxygen atoms in total. The van der Waals surface area contributed by atoms with Crippen molar-refractivity contribution >= 4 is 0 Å². The van der Waals surface area contributed by atoms with Crippen molar-refractivity contribution in [2.24, 2.45) is 11.3 Å². The van der Waals surface area contributed by atoms with Crippen molar-refractivity contribution in [3.05, 3.63) is 47.5 Å². The summed E-state index contributed by atoms with van der Waals surface area (Å²) in [4.78, 5) is 0. The van der Waals surface area contributed by atoms with Gasteiger partial charge in [-0.1, -0.05) is 62.8 Å². The third-order valence-electron chi connectivity index (χ3n) is 4.31. The van der Waals surface area contributed by atoms with E-state index in [1.54, 1.807) is 5.57 Å². The van der Waals surface area contributed by atoms with Gasteiger partial charge in [0.05, 0.1) is 0 Å². The fraction of sp³-hybridized carbons (Fsp3) is 0.556. The van der Waals surface area contributed by atoms with E-state index in [9.17, 15) is 0 Å². The monoisotopic (exact) mass is 242 g/mol. The fourth-order valence-electron chi connectivity index (χ4n) is 2.85. The number of hydrogen-bond acceptors (Lipinski definition) is 0. The van der Waals surface area contributed by atoms with Crippen LogP contribution in [0.25, 0.3) is 0 Å². The Labute approximate surface area is 112 Å².